The van der Waals surface area contributed by atoms with Gasteiger partial charge in [0.2, 0.25) is 5.91 Å². The highest BCUT2D eigenvalue weighted by Crippen LogP contribution is 2.31. The molecule has 3 aromatic carbocycles. The Balaban J connectivity index is 1.48. The van der Waals surface area contributed by atoms with E-state index < -0.39 is 4.92 Å². The van der Waals surface area contributed by atoms with Crippen LogP contribution in [0.25, 0.3) is 10.9 Å². The number of para-hydroxylation sites is 1. The van der Waals surface area contributed by atoms with Gasteiger partial charge in [-0.25, -0.2) is 0 Å². The van der Waals surface area contributed by atoms with E-state index in [9.17, 15) is 14.9 Å². The number of benzene rings is 3. The van der Waals surface area contributed by atoms with Crippen LogP contribution in [0.4, 0.5) is 5.69 Å². The lowest BCUT2D eigenvalue weighted by Crippen LogP contribution is -2.34. The number of fused-ring (bicyclic) bond motifs is 1. The predicted octanol–water partition coefficient (Wildman–Crippen LogP) is 5.51. The average molecular weight is 446 g/mol. The van der Waals surface area contributed by atoms with Crippen molar-refractivity contribution in [3.8, 4) is 0 Å². The van der Waals surface area contributed by atoms with Gasteiger partial charge in [-0.15, -0.1) is 11.8 Å². The fraction of sp³-hybridized carbons (Fsp3) is 0.160. The summed E-state index contributed by atoms with van der Waals surface area (Å²) in [4.78, 5) is 27.4. The van der Waals surface area contributed by atoms with E-state index in [1.807, 2.05) is 49.5 Å². The lowest BCUT2D eigenvalue weighted by Gasteiger charge is -2.20. The first kappa shape index (κ1) is 21.6. The minimum atomic E-state index is -0.432. The molecule has 0 aliphatic heterocycles. The molecule has 2 atom stereocenters. The summed E-state index contributed by atoms with van der Waals surface area (Å²) in [6.45, 7) is 2.31. The molecule has 7 heteroatoms. The van der Waals surface area contributed by atoms with Gasteiger partial charge < -0.3 is 10.3 Å². The van der Waals surface area contributed by atoms with Gasteiger partial charge in [-0.3, -0.25) is 14.9 Å². The van der Waals surface area contributed by atoms with E-state index in [1.165, 1.54) is 23.9 Å². The van der Waals surface area contributed by atoms with Crippen molar-refractivity contribution in [2.24, 2.45) is 0 Å². The van der Waals surface area contributed by atoms with Gasteiger partial charge in [-0.1, -0.05) is 48.5 Å². The molecule has 0 aliphatic carbocycles. The Labute approximate surface area is 190 Å². The van der Waals surface area contributed by atoms with Crippen LogP contribution in [0.1, 0.15) is 24.0 Å². The molecule has 0 bridgehead atoms. The molecule has 2 unspecified atom stereocenters. The van der Waals surface area contributed by atoms with Gasteiger partial charge in [0, 0.05) is 46.6 Å². The van der Waals surface area contributed by atoms with Crippen LogP contribution in [0.5, 0.6) is 0 Å². The maximum atomic E-state index is 12.8. The maximum Gasteiger partial charge on any atom is 0.269 e. The monoisotopic (exact) mass is 445 g/mol. The van der Waals surface area contributed by atoms with Crippen LogP contribution >= 0.6 is 11.8 Å². The van der Waals surface area contributed by atoms with Crippen molar-refractivity contribution in [2.75, 3.05) is 6.54 Å². The van der Waals surface area contributed by atoms with Gasteiger partial charge in [0.1, 0.15) is 0 Å². The summed E-state index contributed by atoms with van der Waals surface area (Å²) in [5.41, 5.74) is 3.38. The quantitative estimate of drug-likeness (QED) is 0.213. The Hall–Kier alpha value is -3.58. The second-order valence-corrected chi connectivity index (χ2v) is 8.92. The molecule has 1 heterocycles. The number of hydrogen-bond donors (Lipinski definition) is 2. The minimum Gasteiger partial charge on any atom is -0.361 e. The first-order chi connectivity index (χ1) is 15.5. The highest BCUT2D eigenvalue weighted by atomic mass is 32.2. The maximum absolute atomic E-state index is 12.8. The van der Waals surface area contributed by atoms with Gasteiger partial charge in [-0.05, 0) is 36.2 Å². The molecule has 1 amide bonds. The van der Waals surface area contributed by atoms with E-state index >= 15 is 0 Å². The Kier molecular flexibility index (Phi) is 6.56. The predicted molar refractivity (Wildman–Crippen MR) is 128 cm³/mol. The molecule has 162 valence electrons. The van der Waals surface area contributed by atoms with Crippen molar-refractivity contribution >= 4 is 34.3 Å². The molecule has 4 aromatic rings. The molecule has 2 N–H and O–H groups in total. The number of nitrogens with one attached hydrogen (secondary N) is 2. The van der Waals surface area contributed by atoms with Crippen LogP contribution in [-0.2, 0) is 4.79 Å². The summed E-state index contributed by atoms with van der Waals surface area (Å²) in [5.74, 6) is -0.0676. The van der Waals surface area contributed by atoms with E-state index in [1.54, 1.807) is 12.1 Å². The number of thioether (sulfide) groups is 1. The molecular formula is C25H23N3O3S. The zero-order valence-electron chi connectivity index (χ0n) is 17.5. The van der Waals surface area contributed by atoms with Crippen molar-refractivity contribution in [1.29, 1.82) is 0 Å². The van der Waals surface area contributed by atoms with E-state index in [2.05, 4.69) is 28.5 Å². The van der Waals surface area contributed by atoms with Crippen LogP contribution in [0, 0.1) is 10.1 Å². The highest BCUT2D eigenvalue weighted by molar-refractivity contribution is 8.00. The summed E-state index contributed by atoms with van der Waals surface area (Å²) in [6.07, 6.45) is 2.02. The van der Waals surface area contributed by atoms with Crippen molar-refractivity contribution in [2.45, 2.75) is 23.0 Å². The van der Waals surface area contributed by atoms with Crippen LogP contribution in [0.3, 0.4) is 0 Å². The molecule has 1 aromatic heterocycles. The van der Waals surface area contributed by atoms with Crippen LogP contribution < -0.4 is 5.32 Å². The number of aromatic nitrogens is 1. The number of hydrogen-bond acceptors (Lipinski definition) is 4. The number of carbonyl (C=O) groups excluding carboxylic acids is 1. The van der Waals surface area contributed by atoms with Crippen LogP contribution in [0.15, 0.2) is 90.0 Å². The van der Waals surface area contributed by atoms with Gasteiger partial charge in [0.25, 0.3) is 5.69 Å². The summed E-state index contributed by atoms with van der Waals surface area (Å²) >= 11 is 1.38. The van der Waals surface area contributed by atoms with E-state index in [0.29, 0.717) is 6.54 Å². The first-order valence-electron chi connectivity index (χ1n) is 10.3. The van der Waals surface area contributed by atoms with Gasteiger partial charge in [0.15, 0.2) is 0 Å². The topological polar surface area (TPSA) is 88.0 Å². The SMILES string of the molecule is CC(Sc1ccc([N+](=O)[O-])cc1)C(=O)NCC(c1ccccc1)c1c[nH]c2ccccc12. The molecule has 0 radical (unpaired) electrons. The van der Waals surface area contributed by atoms with Crippen molar-refractivity contribution in [1.82, 2.24) is 10.3 Å². The molecule has 32 heavy (non-hydrogen) atoms. The Morgan fingerprint density at radius 1 is 1.03 bits per heavy atom. The number of aromatic amines is 1. The van der Waals surface area contributed by atoms with Crippen LogP contribution in [-0.4, -0.2) is 27.6 Å². The largest absolute Gasteiger partial charge is 0.361 e. The Bertz CT molecular complexity index is 1220. The zero-order chi connectivity index (χ0) is 22.5. The second-order valence-electron chi connectivity index (χ2n) is 7.51. The zero-order valence-corrected chi connectivity index (χ0v) is 18.3. The number of carbonyl (C=O) groups is 1. The smallest absolute Gasteiger partial charge is 0.269 e. The summed E-state index contributed by atoms with van der Waals surface area (Å²) < 4.78 is 0. The van der Waals surface area contributed by atoms with Gasteiger partial charge >= 0.3 is 0 Å². The third-order valence-electron chi connectivity index (χ3n) is 5.41. The lowest BCUT2D eigenvalue weighted by molar-refractivity contribution is -0.384. The van der Waals surface area contributed by atoms with Crippen molar-refractivity contribution in [3.05, 3.63) is 106 Å². The molecule has 0 aliphatic rings. The fourth-order valence-electron chi connectivity index (χ4n) is 3.73. The van der Waals surface area contributed by atoms with Crippen LogP contribution in [0.2, 0.25) is 0 Å². The van der Waals surface area contributed by atoms with E-state index in [4.69, 9.17) is 0 Å². The first-order valence-corrected chi connectivity index (χ1v) is 11.2. The molecular weight excluding hydrogens is 422 g/mol. The highest BCUT2D eigenvalue weighted by Gasteiger charge is 2.21. The minimum absolute atomic E-state index is 0.00729. The summed E-state index contributed by atoms with van der Waals surface area (Å²) in [6, 6.07) is 24.6. The summed E-state index contributed by atoms with van der Waals surface area (Å²) in [5, 5.41) is 14.7. The van der Waals surface area contributed by atoms with E-state index in [-0.39, 0.29) is 22.8 Å². The van der Waals surface area contributed by atoms with Gasteiger partial charge in [-0.2, -0.15) is 0 Å². The summed E-state index contributed by atoms with van der Waals surface area (Å²) in [7, 11) is 0. The average Bonchev–Trinajstić information content (AvgIpc) is 3.24. The van der Waals surface area contributed by atoms with Crippen molar-refractivity contribution in [3.63, 3.8) is 0 Å². The van der Waals surface area contributed by atoms with Gasteiger partial charge in [0.05, 0.1) is 10.2 Å². The fourth-order valence-corrected chi connectivity index (χ4v) is 4.62. The normalized spacial score (nSPS) is 12.9. The number of nitro groups is 1. The molecule has 0 fully saturated rings. The molecule has 4 rings (SSSR count). The second kappa shape index (κ2) is 9.70. The molecule has 0 saturated heterocycles. The molecule has 0 spiro atoms. The lowest BCUT2D eigenvalue weighted by atomic mass is 9.91. The number of H-pyrrole nitrogens is 1. The number of nitrogens with zero attached hydrogens (tertiary/aromatic N) is 1. The Morgan fingerprint density at radius 2 is 1.72 bits per heavy atom. The van der Waals surface area contributed by atoms with Crippen molar-refractivity contribution < 1.29 is 9.72 Å². The third-order valence-corrected chi connectivity index (χ3v) is 6.52. The number of rotatable bonds is 8. The molecule has 6 nitrogen and oxygen atoms in total. The number of nitro benzene ring substituents is 1. The number of non-ortho nitro benzene ring substituents is 1. The number of amides is 1. The van der Waals surface area contributed by atoms with E-state index in [0.717, 1.165) is 26.9 Å². The Morgan fingerprint density at radius 3 is 2.44 bits per heavy atom. The molecule has 0 saturated carbocycles. The third kappa shape index (κ3) is 4.84. The standard InChI is InChI=1S/C25H23N3O3S/c1-17(32-20-13-11-19(12-14-20)28(30)31)25(29)27-15-22(18-7-3-2-4-8-18)23-16-26-24-10-6-5-9-21(23)24/h2-14,16-17,22,26H,15H2,1H3,(H,27,29).